The lowest BCUT2D eigenvalue weighted by Gasteiger charge is -2.12. The minimum Gasteiger partial charge on any atom is -0.207 e. The van der Waals surface area contributed by atoms with Gasteiger partial charge in [0, 0.05) is 17.2 Å². The van der Waals surface area contributed by atoms with Gasteiger partial charge in [-0.3, -0.25) is 0 Å². The van der Waals surface area contributed by atoms with Gasteiger partial charge in [0.1, 0.15) is 23.3 Å². The fourth-order valence-corrected chi connectivity index (χ4v) is 2.31. The van der Waals surface area contributed by atoms with Crippen LogP contribution in [0.4, 0.5) is 17.6 Å². The second kappa shape index (κ2) is 5.10. The number of halogens is 5. The van der Waals surface area contributed by atoms with E-state index in [1.165, 1.54) is 6.07 Å². The van der Waals surface area contributed by atoms with E-state index in [0.29, 0.717) is 6.07 Å². The number of hydrogen-bond donors (Lipinski definition) is 0. The van der Waals surface area contributed by atoms with Gasteiger partial charge in [-0.05, 0) is 24.3 Å². The Balaban J connectivity index is 2.47. The maximum atomic E-state index is 13.5. The van der Waals surface area contributed by atoms with Crippen molar-refractivity contribution in [1.29, 1.82) is 0 Å². The van der Waals surface area contributed by atoms with Gasteiger partial charge in [-0.15, -0.1) is 0 Å². The van der Waals surface area contributed by atoms with Crippen LogP contribution >= 0.6 is 15.9 Å². The first-order chi connectivity index (χ1) is 8.49. The third-order valence-corrected chi connectivity index (χ3v) is 3.45. The van der Waals surface area contributed by atoms with Crippen LogP contribution in [0.1, 0.15) is 16.0 Å². The maximum Gasteiger partial charge on any atom is 0.130 e. The molecule has 18 heavy (non-hydrogen) atoms. The molecule has 0 heterocycles. The molecule has 2 aromatic carbocycles. The van der Waals surface area contributed by atoms with E-state index in [2.05, 4.69) is 15.9 Å². The third kappa shape index (κ3) is 2.56. The molecule has 0 bridgehead atoms. The van der Waals surface area contributed by atoms with Crippen molar-refractivity contribution in [2.75, 3.05) is 0 Å². The van der Waals surface area contributed by atoms with E-state index in [1.54, 1.807) is 0 Å². The topological polar surface area (TPSA) is 0 Å². The average molecular weight is 319 g/mol. The molecule has 0 N–H and O–H groups in total. The van der Waals surface area contributed by atoms with Crippen LogP contribution in [0.2, 0.25) is 0 Å². The van der Waals surface area contributed by atoms with Gasteiger partial charge >= 0.3 is 0 Å². The highest BCUT2D eigenvalue weighted by molar-refractivity contribution is 9.09. The summed E-state index contributed by atoms with van der Waals surface area (Å²) in [6.07, 6.45) is 0. The van der Waals surface area contributed by atoms with Crippen molar-refractivity contribution in [3.63, 3.8) is 0 Å². The molecule has 0 aliphatic rings. The Morgan fingerprint density at radius 1 is 0.722 bits per heavy atom. The molecule has 2 rings (SSSR count). The van der Waals surface area contributed by atoms with Crippen LogP contribution in [-0.4, -0.2) is 0 Å². The van der Waals surface area contributed by atoms with E-state index in [4.69, 9.17) is 0 Å². The normalized spacial score (nSPS) is 12.5. The molecule has 0 saturated heterocycles. The summed E-state index contributed by atoms with van der Waals surface area (Å²) in [5.41, 5.74) is 0.00130. The van der Waals surface area contributed by atoms with Gasteiger partial charge in [-0.2, -0.15) is 0 Å². The highest BCUT2D eigenvalue weighted by atomic mass is 79.9. The van der Waals surface area contributed by atoms with Gasteiger partial charge < -0.3 is 0 Å². The SMILES string of the molecule is Fc1ccc(C(Br)c2cc(F)ccc2F)c(F)c1. The van der Waals surface area contributed by atoms with Crippen molar-refractivity contribution in [3.05, 3.63) is 70.8 Å². The molecule has 0 radical (unpaired) electrons. The van der Waals surface area contributed by atoms with Crippen molar-refractivity contribution in [3.8, 4) is 0 Å². The van der Waals surface area contributed by atoms with Crippen LogP contribution in [0.15, 0.2) is 36.4 Å². The first-order valence-electron chi connectivity index (χ1n) is 5.03. The van der Waals surface area contributed by atoms with E-state index in [1.807, 2.05) is 0 Å². The Kier molecular flexibility index (Phi) is 3.71. The quantitative estimate of drug-likeness (QED) is 0.555. The number of benzene rings is 2. The summed E-state index contributed by atoms with van der Waals surface area (Å²) in [6.45, 7) is 0. The van der Waals surface area contributed by atoms with Crippen molar-refractivity contribution >= 4 is 15.9 Å². The van der Waals surface area contributed by atoms with E-state index in [9.17, 15) is 17.6 Å². The van der Waals surface area contributed by atoms with Crippen LogP contribution in [-0.2, 0) is 0 Å². The Morgan fingerprint density at radius 3 is 2.00 bits per heavy atom. The second-order valence-corrected chi connectivity index (χ2v) is 4.61. The zero-order valence-electron chi connectivity index (χ0n) is 8.93. The molecule has 0 fully saturated rings. The van der Waals surface area contributed by atoms with Gasteiger partial charge in [0.2, 0.25) is 0 Å². The summed E-state index contributed by atoms with van der Waals surface area (Å²) >= 11 is 3.09. The highest BCUT2D eigenvalue weighted by Crippen LogP contribution is 2.34. The highest BCUT2D eigenvalue weighted by Gasteiger charge is 2.19. The maximum absolute atomic E-state index is 13.5. The van der Waals surface area contributed by atoms with Gasteiger partial charge in [0.25, 0.3) is 0 Å². The summed E-state index contributed by atoms with van der Waals surface area (Å²) in [5.74, 6) is -2.84. The van der Waals surface area contributed by atoms with E-state index >= 15 is 0 Å². The van der Waals surface area contributed by atoms with E-state index < -0.39 is 28.1 Å². The lowest BCUT2D eigenvalue weighted by molar-refractivity contribution is 0.567. The molecular weight excluding hydrogens is 312 g/mol. The molecule has 0 aliphatic heterocycles. The summed E-state index contributed by atoms with van der Waals surface area (Å²) in [7, 11) is 0. The molecule has 0 nitrogen and oxygen atoms in total. The molecule has 94 valence electrons. The predicted octanol–water partition coefficient (Wildman–Crippen LogP) is 4.73. The molecule has 5 heteroatoms. The lowest BCUT2D eigenvalue weighted by atomic mass is 10.0. The fraction of sp³-hybridized carbons (Fsp3) is 0.0769. The van der Waals surface area contributed by atoms with Crippen LogP contribution < -0.4 is 0 Å². The summed E-state index contributed by atoms with van der Waals surface area (Å²) in [4.78, 5) is -0.881. The monoisotopic (exact) mass is 318 g/mol. The first kappa shape index (κ1) is 13.1. The minimum absolute atomic E-state index is 0.0412. The Hall–Kier alpha value is -1.36. The lowest BCUT2D eigenvalue weighted by Crippen LogP contribution is -2.00. The minimum atomic E-state index is -0.881. The largest absolute Gasteiger partial charge is 0.207 e. The first-order valence-corrected chi connectivity index (χ1v) is 5.94. The standard InChI is InChI=1S/C13H7BrF4/c14-13(9-3-1-8(16)6-12(9)18)10-5-7(15)2-4-11(10)17/h1-6,13H. The molecule has 0 saturated carbocycles. The molecule has 0 amide bonds. The van der Waals surface area contributed by atoms with Crippen LogP contribution in [0.5, 0.6) is 0 Å². The molecule has 0 spiro atoms. The smallest absolute Gasteiger partial charge is 0.130 e. The summed E-state index contributed by atoms with van der Waals surface area (Å²) < 4.78 is 52.9. The van der Waals surface area contributed by atoms with Crippen LogP contribution in [0.3, 0.4) is 0 Å². The van der Waals surface area contributed by atoms with Gasteiger partial charge in [-0.1, -0.05) is 22.0 Å². The van der Waals surface area contributed by atoms with Crippen molar-refractivity contribution < 1.29 is 17.6 Å². The van der Waals surface area contributed by atoms with Crippen molar-refractivity contribution in [2.45, 2.75) is 4.83 Å². The Morgan fingerprint density at radius 2 is 1.33 bits per heavy atom. The van der Waals surface area contributed by atoms with Gasteiger partial charge in [-0.25, -0.2) is 17.6 Å². The van der Waals surface area contributed by atoms with Crippen LogP contribution in [0, 0.1) is 23.3 Å². The number of rotatable bonds is 2. The average Bonchev–Trinajstić information content (AvgIpc) is 2.31. The fourth-order valence-electron chi connectivity index (χ4n) is 1.58. The zero-order chi connectivity index (χ0) is 13.3. The van der Waals surface area contributed by atoms with E-state index in [-0.39, 0.29) is 11.1 Å². The second-order valence-electron chi connectivity index (χ2n) is 3.69. The number of alkyl halides is 1. The molecular formula is C13H7BrF4. The zero-order valence-corrected chi connectivity index (χ0v) is 10.5. The molecule has 1 unspecified atom stereocenters. The van der Waals surface area contributed by atoms with Gasteiger partial charge in [0.05, 0.1) is 4.83 Å². The van der Waals surface area contributed by atoms with Crippen molar-refractivity contribution in [1.82, 2.24) is 0 Å². The predicted molar refractivity (Wildman–Crippen MR) is 63.5 cm³/mol. The Bertz CT molecular complexity index is 583. The van der Waals surface area contributed by atoms with E-state index in [0.717, 1.165) is 24.3 Å². The summed E-state index contributed by atoms with van der Waals surface area (Å²) in [6, 6.07) is 5.84. The summed E-state index contributed by atoms with van der Waals surface area (Å²) in [5, 5.41) is 0. The molecule has 2 aromatic rings. The molecule has 0 aliphatic carbocycles. The van der Waals surface area contributed by atoms with Crippen molar-refractivity contribution in [2.24, 2.45) is 0 Å². The Labute approximate surface area is 109 Å². The number of hydrogen-bond acceptors (Lipinski definition) is 0. The third-order valence-electron chi connectivity index (χ3n) is 2.47. The van der Waals surface area contributed by atoms with Gasteiger partial charge in [0.15, 0.2) is 0 Å². The van der Waals surface area contributed by atoms with Crippen LogP contribution in [0.25, 0.3) is 0 Å². The molecule has 1 atom stereocenters. The molecule has 0 aromatic heterocycles.